The van der Waals surface area contributed by atoms with Crippen LogP contribution in [0.4, 0.5) is 0 Å². The van der Waals surface area contributed by atoms with Crippen LogP contribution in [0.3, 0.4) is 0 Å². The minimum Gasteiger partial charge on any atom is -0.353 e. The third kappa shape index (κ3) is 4.85. The monoisotopic (exact) mass is 370 g/mol. The maximum atomic E-state index is 12.6. The van der Waals surface area contributed by atoms with Crippen molar-refractivity contribution in [1.29, 1.82) is 0 Å². The van der Waals surface area contributed by atoms with Crippen LogP contribution >= 0.6 is 11.6 Å². The molecule has 3 rings (SSSR count). The van der Waals surface area contributed by atoms with Crippen LogP contribution in [0.15, 0.2) is 48.5 Å². The first kappa shape index (κ1) is 18.5. The molecule has 0 atom stereocenters. The molecule has 1 fully saturated rings. The van der Waals surface area contributed by atoms with Crippen LogP contribution in [0, 0.1) is 6.92 Å². The molecule has 0 bridgehead atoms. The molecule has 2 amide bonds. The van der Waals surface area contributed by atoms with Gasteiger partial charge in [-0.15, -0.1) is 0 Å². The second-order valence-electron chi connectivity index (χ2n) is 6.81. The summed E-state index contributed by atoms with van der Waals surface area (Å²) in [6.07, 6.45) is 1.91. The van der Waals surface area contributed by atoms with Crippen LogP contribution in [0.5, 0.6) is 0 Å². The fourth-order valence-corrected chi connectivity index (χ4v) is 3.38. The average Bonchev–Trinajstić information content (AvgIpc) is 2.64. The molecule has 1 aliphatic rings. The summed E-state index contributed by atoms with van der Waals surface area (Å²) >= 11 is 5.86. The Morgan fingerprint density at radius 1 is 1.12 bits per heavy atom. The predicted octanol–water partition coefficient (Wildman–Crippen LogP) is 3.61. The lowest BCUT2D eigenvalue weighted by Gasteiger charge is -2.32. The van der Waals surface area contributed by atoms with Crippen molar-refractivity contribution in [3.63, 3.8) is 0 Å². The van der Waals surface area contributed by atoms with Crippen LogP contribution in [0.25, 0.3) is 0 Å². The zero-order valence-corrected chi connectivity index (χ0v) is 15.6. The standard InChI is InChI=1S/C21H23ClN2O2/c1-15-3-2-4-17(13-15)21(26)24-11-9-19(10-12-24)23-20(25)14-16-5-7-18(22)8-6-16/h2-8,13,19H,9-12,14H2,1H3,(H,23,25). The Bertz CT molecular complexity index is 781. The molecule has 2 aromatic rings. The van der Waals surface area contributed by atoms with Gasteiger partial charge in [0.05, 0.1) is 6.42 Å². The summed E-state index contributed by atoms with van der Waals surface area (Å²) in [6.45, 7) is 3.32. The van der Waals surface area contributed by atoms with E-state index in [0.717, 1.165) is 29.5 Å². The molecule has 0 unspecified atom stereocenters. The van der Waals surface area contributed by atoms with E-state index in [1.54, 1.807) is 12.1 Å². The van der Waals surface area contributed by atoms with Gasteiger partial charge in [-0.1, -0.05) is 41.4 Å². The number of carbonyl (C=O) groups is 2. The van der Waals surface area contributed by atoms with Crippen molar-refractivity contribution < 1.29 is 9.59 Å². The van der Waals surface area contributed by atoms with E-state index in [2.05, 4.69) is 5.32 Å². The highest BCUT2D eigenvalue weighted by Crippen LogP contribution is 2.15. The third-order valence-corrected chi connectivity index (χ3v) is 4.94. The summed E-state index contributed by atoms with van der Waals surface area (Å²) in [4.78, 5) is 26.7. The van der Waals surface area contributed by atoms with E-state index < -0.39 is 0 Å². The van der Waals surface area contributed by atoms with Crippen molar-refractivity contribution in [1.82, 2.24) is 10.2 Å². The van der Waals surface area contributed by atoms with Gasteiger partial charge in [0.1, 0.15) is 0 Å². The van der Waals surface area contributed by atoms with Gasteiger partial charge in [-0.2, -0.15) is 0 Å². The van der Waals surface area contributed by atoms with Crippen molar-refractivity contribution in [2.45, 2.75) is 32.2 Å². The number of benzene rings is 2. The Hall–Kier alpha value is -2.33. The SMILES string of the molecule is Cc1cccc(C(=O)N2CCC(NC(=O)Cc3ccc(Cl)cc3)CC2)c1. The van der Waals surface area contributed by atoms with Crippen molar-refractivity contribution in [2.75, 3.05) is 13.1 Å². The number of piperidine rings is 1. The fourth-order valence-electron chi connectivity index (χ4n) is 3.25. The summed E-state index contributed by atoms with van der Waals surface area (Å²) in [5, 5.41) is 3.75. The number of nitrogens with one attached hydrogen (secondary N) is 1. The normalized spacial score (nSPS) is 14.9. The lowest BCUT2D eigenvalue weighted by Crippen LogP contribution is -2.46. The number of hydrogen-bond donors (Lipinski definition) is 1. The first-order valence-corrected chi connectivity index (χ1v) is 9.29. The number of aryl methyl sites for hydroxylation is 1. The summed E-state index contributed by atoms with van der Waals surface area (Å²) < 4.78 is 0. The van der Waals surface area contributed by atoms with E-state index >= 15 is 0 Å². The van der Waals surface area contributed by atoms with Crippen LogP contribution in [-0.4, -0.2) is 35.8 Å². The zero-order chi connectivity index (χ0) is 18.5. The van der Waals surface area contributed by atoms with Crippen LogP contribution in [0.1, 0.15) is 34.3 Å². The van der Waals surface area contributed by atoms with Crippen molar-refractivity contribution >= 4 is 23.4 Å². The Balaban J connectivity index is 1.48. The third-order valence-electron chi connectivity index (χ3n) is 4.69. The second-order valence-corrected chi connectivity index (χ2v) is 7.24. The molecule has 0 spiro atoms. The van der Waals surface area contributed by atoms with E-state index in [9.17, 15) is 9.59 Å². The first-order valence-electron chi connectivity index (χ1n) is 8.91. The second kappa shape index (κ2) is 8.37. The van der Waals surface area contributed by atoms with E-state index in [1.165, 1.54) is 0 Å². The smallest absolute Gasteiger partial charge is 0.253 e. The van der Waals surface area contributed by atoms with Crippen molar-refractivity contribution in [3.05, 3.63) is 70.2 Å². The minimum absolute atomic E-state index is 0.00998. The highest BCUT2D eigenvalue weighted by atomic mass is 35.5. The Morgan fingerprint density at radius 2 is 1.81 bits per heavy atom. The summed E-state index contributed by atoms with van der Waals surface area (Å²) in [6, 6.07) is 15.1. The molecular weight excluding hydrogens is 348 g/mol. The molecule has 5 heteroatoms. The molecule has 0 aromatic heterocycles. The molecule has 1 aliphatic heterocycles. The van der Waals surface area contributed by atoms with Crippen molar-refractivity contribution in [3.8, 4) is 0 Å². The predicted molar refractivity (Wildman–Crippen MR) is 103 cm³/mol. The summed E-state index contributed by atoms with van der Waals surface area (Å²) in [7, 11) is 0. The van der Waals surface area contributed by atoms with E-state index in [4.69, 9.17) is 11.6 Å². The number of rotatable bonds is 4. The van der Waals surface area contributed by atoms with Crippen LogP contribution < -0.4 is 5.32 Å². The summed E-state index contributed by atoms with van der Waals surface area (Å²) in [5.41, 5.74) is 2.76. The van der Waals surface area contributed by atoms with Gasteiger partial charge < -0.3 is 10.2 Å². The van der Waals surface area contributed by atoms with E-state index in [0.29, 0.717) is 24.5 Å². The molecule has 1 saturated heterocycles. The molecular formula is C21H23ClN2O2. The minimum atomic E-state index is 0.00998. The molecule has 0 saturated carbocycles. The van der Waals surface area contributed by atoms with Gasteiger partial charge in [0.2, 0.25) is 5.91 Å². The number of halogens is 1. The quantitative estimate of drug-likeness (QED) is 0.893. The number of hydrogen-bond acceptors (Lipinski definition) is 2. The van der Waals surface area contributed by atoms with Gasteiger partial charge in [0.15, 0.2) is 0 Å². The number of amides is 2. The summed E-state index contributed by atoms with van der Waals surface area (Å²) in [5.74, 6) is 0.0791. The Labute approximate surface area is 159 Å². The van der Waals surface area contributed by atoms with Crippen LogP contribution in [-0.2, 0) is 11.2 Å². The Kier molecular flexibility index (Phi) is 5.94. The van der Waals surface area contributed by atoms with Gasteiger partial charge >= 0.3 is 0 Å². The average molecular weight is 371 g/mol. The fraction of sp³-hybridized carbons (Fsp3) is 0.333. The zero-order valence-electron chi connectivity index (χ0n) is 14.9. The molecule has 0 radical (unpaired) electrons. The topological polar surface area (TPSA) is 49.4 Å². The first-order chi connectivity index (χ1) is 12.5. The van der Waals surface area contributed by atoms with Gasteiger partial charge in [-0.3, -0.25) is 9.59 Å². The molecule has 26 heavy (non-hydrogen) atoms. The van der Waals surface area contributed by atoms with Crippen molar-refractivity contribution in [2.24, 2.45) is 0 Å². The van der Waals surface area contributed by atoms with Gasteiger partial charge in [-0.05, 0) is 49.6 Å². The molecule has 1 N–H and O–H groups in total. The van der Waals surface area contributed by atoms with Gasteiger partial charge in [0, 0.05) is 29.7 Å². The Morgan fingerprint density at radius 3 is 2.46 bits per heavy atom. The van der Waals surface area contributed by atoms with Crippen LogP contribution in [0.2, 0.25) is 5.02 Å². The number of likely N-dealkylation sites (tertiary alicyclic amines) is 1. The maximum Gasteiger partial charge on any atom is 0.253 e. The largest absolute Gasteiger partial charge is 0.353 e. The lowest BCUT2D eigenvalue weighted by molar-refractivity contribution is -0.121. The highest BCUT2D eigenvalue weighted by Gasteiger charge is 2.24. The van der Waals surface area contributed by atoms with E-state index in [-0.39, 0.29) is 17.9 Å². The molecule has 2 aromatic carbocycles. The lowest BCUT2D eigenvalue weighted by atomic mass is 10.0. The number of carbonyl (C=O) groups excluding carboxylic acids is 2. The maximum absolute atomic E-state index is 12.6. The highest BCUT2D eigenvalue weighted by molar-refractivity contribution is 6.30. The molecule has 4 nitrogen and oxygen atoms in total. The van der Waals surface area contributed by atoms with E-state index in [1.807, 2.05) is 48.2 Å². The molecule has 0 aliphatic carbocycles. The molecule has 1 heterocycles. The van der Waals surface area contributed by atoms with Gasteiger partial charge in [0.25, 0.3) is 5.91 Å². The molecule has 136 valence electrons. The number of nitrogens with zero attached hydrogens (tertiary/aromatic N) is 1. The van der Waals surface area contributed by atoms with Gasteiger partial charge in [-0.25, -0.2) is 0 Å².